The highest BCUT2D eigenvalue weighted by Gasteiger charge is 2.56. The number of methoxy groups -OCH3 is 2. The number of allylic oxidation sites excluding steroid dienone is 1. The standard InChI is InChI=1S/C12H18O5/c1-11(14-3)12(2,15-4)17-10-7-8(13)5-6-9(10)16-11/h5-6,9-10H,7H2,1-4H3/t9?,10-,11+,12+/m1/s1. The lowest BCUT2D eigenvalue weighted by Gasteiger charge is -2.52. The molecule has 1 unspecified atom stereocenters. The van der Waals surface area contributed by atoms with E-state index in [4.69, 9.17) is 18.9 Å². The van der Waals surface area contributed by atoms with E-state index in [2.05, 4.69) is 0 Å². The van der Waals surface area contributed by atoms with Crippen LogP contribution in [0.3, 0.4) is 0 Å². The van der Waals surface area contributed by atoms with Gasteiger partial charge >= 0.3 is 0 Å². The highest BCUT2D eigenvalue weighted by molar-refractivity contribution is 5.91. The molecule has 0 amide bonds. The molecule has 0 aromatic rings. The van der Waals surface area contributed by atoms with Crippen molar-refractivity contribution in [2.75, 3.05) is 14.2 Å². The molecule has 1 aliphatic carbocycles. The Morgan fingerprint density at radius 2 is 1.82 bits per heavy atom. The quantitative estimate of drug-likeness (QED) is 0.723. The van der Waals surface area contributed by atoms with Crippen molar-refractivity contribution in [2.45, 2.75) is 44.1 Å². The van der Waals surface area contributed by atoms with E-state index < -0.39 is 11.6 Å². The van der Waals surface area contributed by atoms with Crippen LogP contribution >= 0.6 is 0 Å². The van der Waals surface area contributed by atoms with Gasteiger partial charge in [-0.2, -0.15) is 0 Å². The third kappa shape index (κ3) is 1.93. The summed E-state index contributed by atoms with van der Waals surface area (Å²) >= 11 is 0. The van der Waals surface area contributed by atoms with Gasteiger partial charge in [0.05, 0.1) is 6.10 Å². The molecule has 1 fully saturated rings. The predicted octanol–water partition coefficient (Wildman–Crippen LogP) is 1.02. The molecule has 4 atom stereocenters. The van der Waals surface area contributed by atoms with Crippen LogP contribution in [0.2, 0.25) is 0 Å². The fourth-order valence-electron chi connectivity index (χ4n) is 2.16. The van der Waals surface area contributed by atoms with Crippen LogP contribution in [0.1, 0.15) is 20.3 Å². The molecule has 1 heterocycles. The van der Waals surface area contributed by atoms with Gasteiger partial charge in [0.25, 0.3) is 0 Å². The average Bonchev–Trinajstić information content (AvgIpc) is 2.31. The van der Waals surface area contributed by atoms with Gasteiger partial charge in [0.2, 0.25) is 11.6 Å². The average molecular weight is 242 g/mol. The van der Waals surface area contributed by atoms with Crippen LogP contribution in [-0.4, -0.2) is 43.8 Å². The molecule has 0 bridgehead atoms. The number of hydrogen-bond donors (Lipinski definition) is 0. The van der Waals surface area contributed by atoms with Gasteiger partial charge in [-0.3, -0.25) is 4.79 Å². The SMILES string of the molecule is CO[C@@]1(C)OC2C=CC(=O)C[C@H]2O[C@]1(C)OC. The largest absolute Gasteiger partial charge is 0.349 e. The molecule has 5 heteroatoms. The Balaban J connectivity index is 2.29. The van der Waals surface area contributed by atoms with Gasteiger partial charge in [-0.15, -0.1) is 0 Å². The summed E-state index contributed by atoms with van der Waals surface area (Å²) in [5, 5.41) is 0. The van der Waals surface area contributed by atoms with Crippen molar-refractivity contribution in [2.24, 2.45) is 0 Å². The monoisotopic (exact) mass is 242 g/mol. The molecule has 1 aliphatic heterocycles. The Kier molecular flexibility index (Phi) is 3.12. The Bertz CT molecular complexity index is 353. The van der Waals surface area contributed by atoms with Crippen molar-refractivity contribution in [1.29, 1.82) is 0 Å². The van der Waals surface area contributed by atoms with E-state index in [0.717, 1.165) is 0 Å². The van der Waals surface area contributed by atoms with Crippen LogP contribution in [0, 0.1) is 0 Å². The summed E-state index contributed by atoms with van der Waals surface area (Å²) in [5.74, 6) is -2.00. The number of carbonyl (C=O) groups excluding carboxylic acids is 1. The zero-order valence-electron chi connectivity index (χ0n) is 10.6. The maximum Gasteiger partial charge on any atom is 0.220 e. The summed E-state index contributed by atoms with van der Waals surface area (Å²) in [7, 11) is 3.07. The van der Waals surface area contributed by atoms with Crippen molar-refractivity contribution < 1.29 is 23.7 Å². The Morgan fingerprint density at radius 3 is 2.41 bits per heavy atom. The zero-order valence-corrected chi connectivity index (χ0v) is 10.6. The van der Waals surface area contributed by atoms with Gasteiger partial charge in [0.15, 0.2) is 5.78 Å². The molecule has 0 aromatic carbocycles. The van der Waals surface area contributed by atoms with E-state index in [-0.39, 0.29) is 18.0 Å². The summed E-state index contributed by atoms with van der Waals surface area (Å²) in [5.41, 5.74) is 0. The number of ether oxygens (including phenoxy) is 4. The first-order valence-corrected chi connectivity index (χ1v) is 5.61. The van der Waals surface area contributed by atoms with Crippen molar-refractivity contribution in [3.8, 4) is 0 Å². The number of fused-ring (bicyclic) bond motifs is 1. The first-order valence-electron chi connectivity index (χ1n) is 5.61. The van der Waals surface area contributed by atoms with Gasteiger partial charge in [-0.25, -0.2) is 0 Å². The summed E-state index contributed by atoms with van der Waals surface area (Å²) in [6.45, 7) is 3.51. The molecule has 1 saturated heterocycles. The number of hydrogen-bond acceptors (Lipinski definition) is 5. The van der Waals surface area contributed by atoms with Crippen LogP contribution in [0.15, 0.2) is 12.2 Å². The maximum absolute atomic E-state index is 11.4. The molecule has 17 heavy (non-hydrogen) atoms. The molecule has 0 aromatic heterocycles. The first kappa shape index (κ1) is 12.7. The van der Waals surface area contributed by atoms with E-state index in [1.165, 1.54) is 13.2 Å². The smallest absolute Gasteiger partial charge is 0.220 e. The number of ketones is 1. The normalized spacial score (nSPS) is 45.8. The van der Waals surface area contributed by atoms with Crippen molar-refractivity contribution in [1.82, 2.24) is 0 Å². The van der Waals surface area contributed by atoms with E-state index in [9.17, 15) is 4.79 Å². The van der Waals surface area contributed by atoms with Crippen LogP contribution in [0.4, 0.5) is 0 Å². The van der Waals surface area contributed by atoms with Crippen molar-refractivity contribution in [3.05, 3.63) is 12.2 Å². The summed E-state index contributed by atoms with van der Waals surface area (Å²) in [6.07, 6.45) is 2.94. The molecule has 0 radical (unpaired) electrons. The molecule has 2 aliphatic rings. The van der Waals surface area contributed by atoms with Crippen LogP contribution in [-0.2, 0) is 23.7 Å². The minimum Gasteiger partial charge on any atom is -0.349 e. The Morgan fingerprint density at radius 1 is 1.24 bits per heavy atom. The van der Waals surface area contributed by atoms with Gasteiger partial charge in [0, 0.05) is 20.6 Å². The molecule has 2 rings (SSSR count). The van der Waals surface area contributed by atoms with Crippen molar-refractivity contribution in [3.63, 3.8) is 0 Å². The minimum atomic E-state index is -1.03. The minimum absolute atomic E-state index is 0.0364. The van der Waals surface area contributed by atoms with Gasteiger partial charge in [0.1, 0.15) is 6.10 Å². The number of rotatable bonds is 2. The summed E-state index contributed by atoms with van der Waals surface area (Å²) < 4.78 is 22.5. The van der Waals surface area contributed by atoms with Crippen LogP contribution in [0.5, 0.6) is 0 Å². The maximum atomic E-state index is 11.4. The molecule has 0 spiro atoms. The topological polar surface area (TPSA) is 54.0 Å². The first-order chi connectivity index (χ1) is 7.94. The summed E-state index contributed by atoms with van der Waals surface area (Å²) in [4.78, 5) is 11.4. The highest BCUT2D eigenvalue weighted by Crippen LogP contribution is 2.41. The number of carbonyl (C=O) groups is 1. The second kappa shape index (κ2) is 4.17. The van der Waals surface area contributed by atoms with E-state index in [1.807, 2.05) is 0 Å². The predicted molar refractivity (Wildman–Crippen MR) is 59.3 cm³/mol. The second-order valence-corrected chi connectivity index (χ2v) is 4.57. The van der Waals surface area contributed by atoms with Crippen molar-refractivity contribution >= 4 is 5.78 Å². The second-order valence-electron chi connectivity index (χ2n) is 4.57. The molecular formula is C12H18O5. The van der Waals surface area contributed by atoms with E-state index in [1.54, 1.807) is 27.0 Å². The van der Waals surface area contributed by atoms with E-state index >= 15 is 0 Å². The zero-order chi connectivity index (χ0) is 12.7. The molecule has 5 nitrogen and oxygen atoms in total. The third-order valence-corrected chi connectivity index (χ3v) is 3.58. The van der Waals surface area contributed by atoms with Crippen LogP contribution < -0.4 is 0 Å². The molecule has 0 saturated carbocycles. The van der Waals surface area contributed by atoms with Crippen LogP contribution in [0.25, 0.3) is 0 Å². The Labute approximate surface area is 101 Å². The van der Waals surface area contributed by atoms with Gasteiger partial charge in [-0.05, 0) is 26.0 Å². The van der Waals surface area contributed by atoms with Gasteiger partial charge < -0.3 is 18.9 Å². The van der Waals surface area contributed by atoms with E-state index in [0.29, 0.717) is 6.42 Å². The lowest BCUT2D eigenvalue weighted by atomic mass is 9.96. The summed E-state index contributed by atoms with van der Waals surface area (Å²) in [6, 6.07) is 0. The highest BCUT2D eigenvalue weighted by atomic mass is 16.8. The van der Waals surface area contributed by atoms with Gasteiger partial charge in [-0.1, -0.05) is 0 Å². The Hall–Kier alpha value is -0.750. The molecule has 96 valence electrons. The fourth-order valence-corrected chi connectivity index (χ4v) is 2.16. The molecular weight excluding hydrogens is 224 g/mol. The third-order valence-electron chi connectivity index (χ3n) is 3.58. The molecule has 0 N–H and O–H groups in total. The lowest BCUT2D eigenvalue weighted by Crippen LogP contribution is -2.65. The fraction of sp³-hybridized carbons (Fsp3) is 0.750. The lowest BCUT2D eigenvalue weighted by molar-refractivity contribution is -0.442.